The molecular formula is C17H21ClN4OS. The lowest BCUT2D eigenvalue weighted by Gasteiger charge is -2.37. The van der Waals surface area contributed by atoms with Gasteiger partial charge in [-0.3, -0.25) is 4.79 Å². The van der Waals surface area contributed by atoms with Gasteiger partial charge in [0, 0.05) is 49.0 Å². The summed E-state index contributed by atoms with van der Waals surface area (Å²) in [6.07, 6.45) is 3.69. The Morgan fingerprint density at radius 2 is 2.17 bits per heavy atom. The summed E-state index contributed by atoms with van der Waals surface area (Å²) < 4.78 is 1.98. The van der Waals surface area contributed by atoms with Crippen LogP contribution in [0.25, 0.3) is 0 Å². The van der Waals surface area contributed by atoms with Gasteiger partial charge in [-0.1, -0.05) is 11.6 Å². The van der Waals surface area contributed by atoms with Gasteiger partial charge in [0.25, 0.3) is 0 Å². The highest BCUT2D eigenvalue weighted by molar-refractivity contribution is 8.00. The molecule has 3 rings (SSSR count). The van der Waals surface area contributed by atoms with E-state index in [0.29, 0.717) is 11.6 Å². The summed E-state index contributed by atoms with van der Waals surface area (Å²) in [5.74, 6) is 1.06. The van der Waals surface area contributed by atoms with Gasteiger partial charge >= 0.3 is 0 Å². The first-order valence-electron chi connectivity index (χ1n) is 7.97. The number of piperazine rings is 1. The topological polar surface area (TPSA) is 50.2 Å². The minimum absolute atomic E-state index is 0.0282. The Hall–Kier alpha value is -1.50. The molecule has 2 unspecified atom stereocenters. The summed E-state index contributed by atoms with van der Waals surface area (Å²) in [6.45, 7) is 4.20. The number of imidazole rings is 1. The summed E-state index contributed by atoms with van der Waals surface area (Å²) in [7, 11) is 1.96. The normalized spacial score (nSPS) is 19.3. The molecule has 5 nitrogen and oxygen atoms in total. The van der Waals surface area contributed by atoms with Gasteiger partial charge in [0.2, 0.25) is 5.91 Å². The smallest absolute Gasteiger partial charge is 0.236 e. The molecule has 128 valence electrons. The zero-order valence-electron chi connectivity index (χ0n) is 13.8. The lowest BCUT2D eigenvalue weighted by molar-refractivity contribution is -0.133. The molecule has 7 heteroatoms. The summed E-state index contributed by atoms with van der Waals surface area (Å²) >= 11 is 7.48. The van der Waals surface area contributed by atoms with Gasteiger partial charge in [0.05, 0.1) is 5.25 Å². The second kappa shape index (κ2) is 7.59. The fourth-order valence-corrected chi connectivity index (χ4v) is 3.96. The average Bonchev–Trinajstić information content (AvgIpc) is 3.02. The molecule has 1 amide bonds. The Kier molecular flexibility index (Phi) is 5.48. The maximum absolute atomic E-state index is 13.0. The number of benzene rings is 1. The SMILES string of the molecule is CC(Sc1ccc(Cl)cc1)C(=O)N1CCNCC1c1nccn1C. The van der Waals surface area contributed by atoms with Crippen LogP contribution >= 0.6 is 23.4 Å². The van der Waals surface area contributed by atoms with Crippen LogP contribution in [-0.2, 0) is 11.8 Å². The first kappa shape index (κ1) is 17.3. The van der Waals surface area contributed by atoms with Crippen LogP contribution in [0.1, 0.15) is 18.8 Å². The number of amides is 1. The number of halogens is 1. The highest BCUT2D eigenvalue weighted by atomic mass is 35.5. The molecule has 1 aromatic heterocycles. The van der Waals surface area contributed by atoms with Gasteiger partial charge < -0.3 is 14.8 Å². The fraction of sp³-hybridized carbons (Fsp3) is 0.412. The summed E-state index contributed by atoms with van der Waals surface area (Å²) in [5, 5.41) is 3.91. The number of nitrogens with one attached hydrogen (secondary N) is 1. The molecule has 1 aliphatic rings. The van der Waals surface area contributed by atoms with Crippen molar-refractivity contribution in [3.05, 3.63) is 47.5 Å². The lowest BCUT2D eigenvalue weighted by Crippen LogP contribution is -2.51. The van der Waals surface area contributed by atoms with Crippen LogP contribution < -0.4 is 5.32 Å². The van der Waals surface area contributed by atoms with Crippen LogP contribution in [0.15, 0.2) is 41.6 Å². The maximum atomic E-state index is 13.0. The third-order valence-electron chi connectivity index (χ3n) is 4.16. The van der Waals surface area contributed by atoms with Crippen molar-refractivity contribution >= 4 is 29.3 Å². The van der Waals surface area contributed by atoms with Gasteiger partial charge in [-0.15, -0.1) is 11.8 Å². The molecule has 0 spiro atoms. The highest BCUT2D eigenvalue weighted by Crippen LogP contribution is 2.29. The van der Waals surface area contributed by atoms with E-state index < -0.39 is 0 Å². The van der Waals surface area contributed by atoms with Gasteiger partial charge in [-0.05, 0) is 31.2 Å². The van der Waals surface area contributed by atoms with Crippen LogP contribution in [0.2, 0.25) is 5.02 Å². The standard InChI is InChI=1S/C17H21ClN4OS/c1-12(24-14-5-3-13(18)4-6-14)17(23)22-10-7-19-11-15(22)16-20-8-9-21(16)2/h3-6,8-9,12,15,19H,7,10-11H2,1-2H3. The van der Waals surface area contributed by atoms with E-state index >= 15 is 0 Å². The van der Waals surface area contributed by atoms with Crippen molar-refractivity contribution in [2.45, 2.75) is 23.1 Å². The van der Waals surface area contributed by atoms with Crippen molar-refractivity contribution in [1.29, 1.82) is 0 Å². The Labute approximate surface area is 151 Å². The van der Waals surface area contributed by atoms with Crippen LogP contribution in [0.4, 0.5) is 0 Å². The predicted molar refractivity (Wildman–Crippen MR) is 97.3 cm³/mol. The average molecular weight is 365 g/mol. The van der Waals surface area contributed by atoms with Crippen LogP contribution in [0, 0.1) is 0 Å². The number of hydrogen-bond acceptors (Lipinski definition) is 4. The minimum Gasteiger partial charge on any atom is -0.336 e. The van der Waals surface area contributed by atoms with E-state index in [1.807, 2.05) is 53.9 Å². The molecule has 2 atom stereocenters. The number of thioether (sulfide) groups is 1. The summed E-state index contributed by atoms with van der Waals surface area (Å²) in [4.78, 5) is 20.4. The molecule has 0 bridgehead atoms. The van der Waals surface area contributed by atoms with Crippen LogP contribution in [0.5, 0.6) is 0 Å². The van der Waals surface area contributed by atoms with Crippen molar-refractivity contribution in [3.8, 4) is 0 Å². The number of aryl methyl sites for hydroxylation is 1. The quantitative estimate of drug-likeness (QED) is 0.847. The van der Waals surface area contributed by atoms with Gasteiger partial charge in [0.1, 0.15) is 11.9 Å². The Morgan fingerprint density at radius 1 is 1.42 bits per heavy atom. The summed E-state index contributed by atoms with van der Waals surface area (Å²) in [5.41, 5.74) is 0. The zero-order chi connectivity index (χ0) is 17.1. The molecule has 1 aromatic carbocycles. The van der Waals surface area contributed by atoms with Crippen molar-refractivity contribution in [3.63, 3.8) is 0 Å². The van der Waals surface area contributed by atoms with E-state index in [-0.39, 0.29) is 17.2 Å². The molecule has 2 heterocycles. The number of nitrogens with zero attached hydrogens (tertiary/aromatic N) is 3. The highest BCUT2D eigenvalue weighted by Gasteiger charge is 2.32. The van der Waals surface area contributed by atoms with Crippen LogP contribution in [0.3, 0.4) is 0 Å². The number of carbonyl (C=O) groups excluding carboxylic acids is 1. The van der Waals surface area contributed by atoms with E-state index in [4.69, 9.17) is 11.6 Å². The van der Waals surface area contributed by atoms with Crippen molar-refractivity contribution in [2.24, 2.45) is 7.05 Å². The van der Waals surface area contributed by atoms with E-state index in [1.165, 1.54) is 0 Å². The van der Waals surface area contributed by atoms with Crippen molar-refractivity contribution < 1.29 is 4.79 Å². The third kappa shape index (κ3) is 3.77. The van der Waals surface area contributed by atoms with Gasteiger partial charge in [-0.2, -0.15) is 0 Å². The molecular weight excluding hydrogens is 344 g/mol. The Bertz CT molecular complexity index is 703. The first-order valence-corrected chi connectivity index (χ1v) is 9.22. The molecule has 24 heavy (non-hydrogen) atoms. The summed E-state index contributed by atoms with van der Waals surface area (Å²) in [6, 6.07) is 7.57. The Balaban J connectivity index is 1.73. The van der Waals surface area contributed by atoms with Crippen molar-refractivity contribution in [1.82, 2.24) is 19.8 Å². The molecule has 1 fully saturated rings. The number of rotatable bonds is 4. The Morgan fingerprint density at radius 3 is 2.83 bits per heavy atom. The van der Waals surface area contributed by atoms with Gasteiger partial charge in [-0.25, -0.2) is 4.98 Å². The van der Waals surface area contributed by atoms with E-state index in [1.54, 1.807) is 18.0 Å². The maximum Gasteiger partial charge on any atom is 0.236 e. The van der Waals surface area contributed by atoms with Gasteiger partial charge in [0.15, 0.2) is 0 Å². The predicted octanol–water partition coefficient (Wildman–Crippen LogP) is 2.73. The number of aromatic nitrogens is 2. The molecule has 1 aliphatic heterocycles. The number of carbonyl (C=O) groups is 1. The molecule has 1 saturated heterocycles. The van der Waals surface area contributed by atoms with Crippen molar-refractivity contribution in [2.75, 3.05) is 19.6 Å². The first-order chi connectivity index (χ1) is 11.6. The minimum atomic E-state index is -0.160. The largest absolute Gasteiger partial charge is 0.336 e. The fourth-order valence-electron chi connectivity index (χ4n) is 2.90. The van der Waals surface area contributed by atoms with E-state index in [9.17, 15) is 4.79 Å². The van der Waals surface area contributed by atoms with E-state index in [0.717, 1.165) is 23.8 Å². The third-order valence-corrected chi connectivity index (χ3v) is 5.51. The number of hydrogen-bond donors (Lipinski definition) is 1. The monoisotopic (exact) mass is 364 g/mol. The molecule has 0 aliphatic carbocycles. The molecule has 1 N–H and O–H groups in total. The van der Waals surface area contributed by atoms with Crippen LogP contribution in [-0.4, -0.2) is 45.2 Å². The second-order valence-corrected chi connectivity index (χ2v) is 7.71. The second-order valence-electron chi connectivity index (χ2n) is 5.86. The molecule has 2 aromatic rings. The zero-order valence-corrected chi connectivity index (χ0v) is 15.3. The lowest BCUT2D eigenvalue weighted by atomic mass is 10.1. The molecule has 0 saturated carbocycles. The molecule has 0 radical (unpaired) electrons. The van der Waals surface area contributed by atoms with E-state index in [2.05, 4.69) is 10.3 Å².